The van der Waals surface area contributed by atoms with Crippen molar-refractivity contribution in [2.45, 2.75) is 33.1 Å². The molecule has 1 aliphatic heterocycles. The van der Waals surface area contributed by atoms with Crippen molar-refractivity contribution in [3.63, 3.8) is 0 Å². The van der Waals surface area contributed by atoms with Crippen LogP contribution in [0.1, 0.15) is 33.9 Å². The number of carbonyl (C=O) groups is 1. The first-order valence-corrected chi connectivity index (χ1v) is 8.92. The Morgan fingerprint density at radius 3 is 2.44 bits per heavy atom. The maximum Gasteiger partial charge on any atom is 0.222 e. The van der Waals surface area contributed by atoms with E-state index in [0.29, 0.717) is 0 Å². The minimum absolute atomic E-state index is 0.137. The molecule has 2 N–H and O–H groups in total. The summed E-state index contributed by atoms with van der Waals surface area (Å²) in [7, 11) is 1.94. The molecule has 0 spiro atoms. The molecule has 2 aromatic rings. The first-order chi connectivity index (χ1) is 11.8. The van der Waals surface area contributed by atoms with Crippen molar-refractivity contribution in [3.8, 4) is 0 Å². The quantitative estimate of drug-likeness (QED) is 0.906. The fraction of sp³-hybridized carbons (Fsp3) is 0.500. The summed E-state index contributed by atoms with van der Waals surface area (Å²) in [5.41, 5.74) is 11.9. The number of amides is 1. The van der Waals surface area contributed by atoms with Crippen molar-refractivity contribution in [1.29, 1.82) is 0 Å². The van der Waals surface area contributed by atoms with Gasteiger partial charge in [-0.2, -0.15) is 5.10 Å². The van der Waals surface area contributed by atoms with Gasteiger partial charge in [-0.3, -0.25) is 9.48 Å². The molecule has 2 heterocycles. The molecule has 0 unspecified atom stereocenters. The van der Waals surface area contributed by atoms with Gasteiger partial charge in [-0.15, -0.1) is 0 Å². The predicted octanol–water partition coefficient (Wildman–Crippen LogP) is 2.09. The van der Waals surface area contributed by atoms with Gasteiger partial charge in [-0.05, 0) is 38.3 Å². The number of hydrogen-bond donors (Lipinski definition) is 1. The number of nitrogens with two attached hydrogens (primary N) is 1. The highest BCUT2D eigenvalue weighted by Crippen LogP contribution is 2.34. The second-order valence-electron chi connectivity index (χ2n) is 7.43. The summed E-state index contributed by atoms with van der Waals surface area (Å²) in [4.78, 5) is 14.3. The van der Waals surface area contributed by atoms with Gasteiger partial charge in [0.1, 0.15) is 0 Å². The largest absolute Gasteiger partial charge is 0.369 e. The van der Waals surface area contributed by atoms with Crippen LogP contribution in [0.5, 0.6) is 0 Å². The van der Waals surface area contributed by atoms with Crippen LogP contribution in [0.25, 0.3) is 0 Å². The van der Waals surface area contributed by atoms with Crippen LogP contribution in [0.15, 0.2) is 24.4 Å². The van der Waals surface area contributed by atoms with Crippen LogP contribution in [0.3, 0.4) is 0 Å². The van der Waals surface area contributed by atoms with Crippen LogP contribution in [-0.2, 0) is 18.3 Å². The highest BCUT2D eigenvalue weighted by molar-refractivity contribution is 5.78. The Morgan fingerprint density at radius 1 is 1.20 bits per heavy atom. The maximum absolute atomic E-state index is 12.0. The van der Waals surface area contributed by atoms with Crippen molar-refractivity contribution in [3.05, 3.63) is 52.3 Å². The van der Waals surface area contributed by atoms with E-state index in [4.69, 9.17) is 5.73 Å². The van der Waals surface area contributed by atoms with Gasteiger partial charge < -0.3 is 10.6 Å². The minimum atomic E-state index is -0.206. The van der Waals surface area contributed by atoms with Crippen molar-refractivity contribution in [2.75, 3.05) is 19.6 Å². The predicted molar refractivity (Wildman–Crippen MR) is 99.4 cm³/mol. The molecule has 5 heteroatoms. The number of carbonyl (C=O) groups excluding carboxylic acids is 1. The molecule has 1 aliphatic rings. The van der Waals surface area contributed by atoms with E-state index in [9.17, 15) is 4.79 Å². The number of likely N-dealkylation sites (tertiary alicyclic amines) is 1. The van der Waals surface area contributed by atoms with Gasteiger partial charge in [0.05, 0.1) is 12.1 Å². The van der Waals surface area contributed by atoms with Crippen LogP contribution >= 0.6 is 0 Å². The summed E-state index contributed by atoms with van der Waals surface area (Å²) in [6, 6.07) is 6.69. The summed E-state index contributed by atoms with van der Waals surface area (Å²) in [5, 5.41) is 4.34. The van der Waals surface area contributed by atoms with Gasteiger partial charge in [0.25, 0.3) is 0 Å². The fourth-order valence-corrected chi connectivity index (χ4v) is 4.05. The summed E-state index contributed by atoms with van der Waals surface area (Å²) in [5.74, 6) is -0.199. The molecule has 0 bridgehead atoms. The molecule has 1 saturated heterocycles. The number of rotatable bonds is 5. The van der Waals surface area contributed by atoms with Crippen molar-refractivity contribution in [1.82, 2.24) is 14.7 Å². The Bertz CT molecular complexity index is 760. The van der Waals surface area contributed by atoms with E-state index in [1.54, 1.807) is 0 Å². The van der Waals surface area contributed by atoms with E-state index in [0.717, 1.165) is 37.3 Å². The topological polar surface area (TPSA) is 64.2 Å². The number of hydrogen-bond acceptors (Lipinski definition) is 3. The molecule has 0 saturated carbocycles. The van der Waals surface area contributed by atoms with Crippen molar-refractivity contribution >= 4 is 5.91 Å². The fourth-order valence-electron chi connectivity index (χ4n) is 4.05. The van der Waals surface area contributed by atoms with Gasteiger partial charge in [0.15, 0.2) is 0 Å². The van der Waals surface area contributed by atoms with E-state index in [2.05, 4.69) is 49.0 Å². The summed E-state index contributed by atoms with van der Waals surface area (Å²) >= 11 is 0. The van der Waals surface area contributed by atoms with E-state index < -0.39 is 0 Å². The van der Waals surface area contributed by atoms with Crippen LogP contribution in [-0.4, -0.2) is 40.2 Å². The number of aryl methyl sites for hydroxylation is 3. The van der Waals surface area contributed by atoms with Gasteiger partial charge in [0, 0.05) is 38.3 Å². The molecule has 5 nitrogen and oxygen atoms in total. The molecule has 0 radical (unpaired) electrons. The highest BCUT2D eigenvalue weighted by atomic mass is 16.1. The van der Waals surface area contributed by atoms with E-state index >= 15 is 0 Å². The first-order valence-electron chi connectivity index (χ1n) is 8.92. The Balaban J connectivity index is 1.72. The normalized spacial score (nSPS) is 21.0. The third-order valence-corrected chi connectivity index (χ3v) is 5.43. The molecule has 0 aliphatic carbocycles. The third-order valence-electron chi connectivity index (χ3n) is 5.43. The van der Waals surface area contributed by atoms with Gasteiger partial charge in [0.2, 0.25) is 5.91 Å². The lowest BCUT2D eigenvalue weighted by molar-refractivity contribution is -0.121. The average molecular weight is 340 g/mol. The Kier molecular flexibility index (Phi) is 4.95. The van der Waals surface area contributed by atoms with E-state index in [-0.39, 0.29) is 17.7 Å². The standard InChI is InChI=1S/C20H28N4O/c1-13-7-14(2)9-16(8-13)5-6-24-11-18(19(12-24)20(21)25)17-10-22-23(4)15(17)3/h7-10,18-19H,5-6,11-12H2,1-4H3,(H2,21,25)/t18-,19+/m0/s1. The molecular weight excluding hydrogens is 312 g/mol. The number of aromatic nitrogens is 2. The molecular formula is C20H28N4O. The molecule has 25 heavy (non-hydrogen) atoms. The van der Waals surface area contributed by atoms with Gasteiger partial charge in [-0.25, -0.2) is 0 Å². The SMILES string of the molecule is Cc1cc(C)cc(CCN2C[C@@H](C(N)=O)[C@H](c3cnn(C)c3C)C2)c1. The Hall–Kier alpha value is -2.14. The van der Waals surface area contributed by atoms with Crippen LogP contribution in [0.2, 0.25) is 0 Å². The van der Waals surface area contributed by atoms with Crippen LogP contribution < -0.4 is 5.73 Å². The second-order valence-corrected chi connectivity index (χ2v) is 7.43. The Labute approximate surface area is 149 Å². The average Bonchev–Trinajstić information content (AvgIpc) is 3.09. The smallest absolute Gasteiger partial charge is 0.222 e. The molecule has 3 rings (SSSR count). The molecule has 2 atom stereocenters. The summed E-state index contributed by atoms with van der Waals surface area (Å²) in [6.07, 6.45) is 2.89. The number of primary amides is 1. The monoisotopic (exact) mass is 340 g/mol. The highest BCUT2D eigenvalue weighted by Gasteiger charge is 2.38. The van der Waals surface area contributed by atoms with E-state index in [1.165, 1.54) is 16.7 Å². The number of benzene rings is 1. The molecule has 1 amide bonds. The minimum Gasteiger partial charge on any atom is -0.369 e. The van der Waals surface area contributed by atoms with Gasteiger partial charge in [-0.1, -0.05) is 29.3 Å². The molecule has 134 valence electrons. The zero-order chi connectivity index (χ0) is 18.1. The third kappa shape index (κ3) is 3.76. The zero-order valence-electron chi connectivity index (χ0n) is 15.6. The molecule has 1 fully saturated rings. The summed E-state index contributed by atoms with van der Waals surface area (Å²) < 4.78 is 1.87. The van der Waals surface area contributed by atoms with E-state index in [1.807, 2.05) is 17.9 Å². The summed E-state index contributed by atoms with van der Waals surface area (Å²) in [6.45, 7) is 8.87. The van der Waals surface area contributed by atoms with Crippen LogP contribution in [0.4, 0.5) is 0 Å². The van der Waals surface area contributed by atoms with Crippen molar-refractivity contribution in [2.24, 2.45) is 18.7 Å². The van der Waals surface area contributed by atoms with Crippen LogP contribution in [0, 0.1) is 26.7 Å². The van der Waals surface area contributed by atoms with Gasteiger partial charge >= 0.3 is 0 Å². The molecule has 1 aromatic heterocycles. The van der Waals surface area contributed by atoms with Crippen molar-refractivity contribution < 1.29 is 4.79 Å². The lowest BCUT2D eigenvalue weighted by Gasteiger charge is -2.16. The lowest BCUT2D eigenvalue weighted by Crippen LogP contribution is -2.30. The maximum atomic E-state index is 12.0. The first kappa shape index (κ1) is 17.7. The molecule has 1 aromatic carbocycles. The Morgan fingerprint density at radius 2 is 1.88 bits per heavy atom. The lowest BCUT2D eigenvalue weighted by atomic mass is 9.89. The number of nitrogens with zero attached hydrogens (tertiary/aromatic N) is 3. The zero-order valence-corrected chi connectivity index (χ0v) is 15.6. The second kappa shape index (κ2) is 7.00.